The molecule has 1 amide bonds. The van der Waals surface area contributed by atoms with Crippen LogP contribution in [-0.4, -0.2) is 27.3 Å². The second-order valence-electron chi connectivity index (χ2n) is 7.19. The molecule has 0 N–H and O–H groups in total. The molecule has 0 saturated carbocycles. The summed E-state index contributed by atoms with van der Waals surface area (Å²) in [6.45, 7) is 4.05. The van der Waals surface area contributed by atoms with E-state index in [4.69, 9.17) is 4.74 Å². The van der Waals surface area contributed by atoms with Crippen LogP contribution in [0.1, 0.15) is 22.6 Å². The van der Waals surface area contributed by atoms with Gasteiger partial charge < -0.3 is 9.47 Å². The molecule has 0 fully saturated rings. The molecular formula is C22H18F3N3O3. The zero-order chi connectivity index (χ0) is 22.2. The van der Waals surface area contributed by atoms with Gasteiger partial charge in [-0.3, -0.25) is 4.90 Å². The maximum Gasteiger partial charge on any atom is 0.573 e. The van der Waals surface area contributed by atoms with Gasteiger partial charge in [0.2, 0.25) is 0 Å². The van der Waals surface area contributed by atoms with Crippen LogP contribution in [-0.2, 0) is 13.1 Å². The van der Waals surface area contributed by atoms with E-state index in [2.05, 4.69) is 14.7 Å². The first-order valence-electron chi connectivity index (χ1n) is 9.43. The number of rotatable bonds is 4. The number of aryl methyl sites for hydroxylation is 2. The Morgan fingerprint density at radius 2 is 1.94 bits per heavy atom. The summed E-state index contributed by atoms with van der Waals surface area (Å²) in [5.74, 6) is 0.683. The van der Waals surface area contributed by atoms with Gasteiger partial charge in [0, 0.05) is 17.5 Å². The van der Waals surface area contributed by atoms with Crippen LogP contribution in [0.5, 0.6) is 11.5 Å². The van der Waals surface area contributed by atoms with Crippen LogP contribution in [0.2, 0.25) is 0 Å². The molecule has 2 heterocycles. The largest absolute Gasteiger partial charge is 0.573 e. The summed E-state index contributed by atoms with van der Waals surface area (Å²) in [6, 6.07) is 11.3. The van der Waals surface area contributed by atoms with Crippen molar-refractivity contribution in [2.75, 3.05) is 0 Å². The van der Waals surface area contributed by atoms with Gasteiger partial charge >= 0.3 is 12.5 Å². The monoisotopic (exact) mass is 429 g/mol. The van der Waals surface area contributed by atoms with E-state index in [0.29, 0.717) is 23.7 Å². The first kappa shape index (κ1) is 20.6. The molecule has 6 nitrogen and oxygen atoms in total. The Balaban J connectivity index is 1.58. The Kier molecular flexibility index (Phi) is 5.26. The third-order valence-electron chi connectivity index (χ3n) is 4.80. The maximum atomic E-state index is 12.5. The molecule has 0 atom stereocenters. The molecule has 2 aromatic carbocycles. The molecule has 0 aliphatic carbocycles. The lowest BCUT2D eigenvalue weighted by Gasteiger charge is -2.28. The lowest BCUT2D eigenvalue weighted by atomic mass is 9.97. The average molecular weight is 429 g/mol. The molecule has 1 aliphatic heterocycles. The summed E-state index contributed by atoms with van der Waals surface area (Å²) in [6.07, 6.45) is -3.60. The molecule has 0 unspecified atom stereocenters. The Morgan fingerprint density at radius 1 is 1.13 bits per heavy atom. The Bertz CT molecular complexity index is 1150. The molecular weight excluding hydrogens is 411 g/mol. The second kappa shape index (κ2) is 7.90. The highest BCUT2D eigenvalue weighted by molar-refractivity contribution is 5.76. The van der Waals surface area contributed by atoms with E-state index in [0.717, 1.165) is 22.4 Å². The van der Waals surface area contributed by atoms with Gasteiger partial charge in [-0.05, 0) is 60.9 Å². The molecule has 1 aromatic heterocycles. The fourth-order valence-corrected chi connectivity index (χ4v) is 3.42. The Labute approximate surface area is 176 Å². The average Bonchev–Trinajstić information content (AvgIpc) is 2.67. The van der Waals surface area contributed by atoms with Gasteiger partial charge in [0.15, 0.2) is 0 Å². The third-order valence-corrected chi connectivity index (χ3v) is 4.80. The van der Waals surface area contributed by atoms with Crippen LogP contribution >= 0.6 is 0 Å². The van der Waals surface area contributed by atoms with Crippen molar-refractivity contribution in [2.24, 2.45) is 0 Å². The number of carbonyl (C=O) groups is 1. The smallest absolute Gasteiger partial charge is 0.410 e. The maximum absolute atomic E-state index is 12.5. The van der Waals surface area contributed by atoms with Crippen molar-refractivity contribution < 1.29 is 27.4 Å². The van der Waals surface area contributed by atoms with E-state index in [1.54, 1.807) is 37.4 Å². The van der Waals surface area contributed by atoms with Crippen molar-refractivity contribution in [3.8, 4) is 22.6 Å². The highest BCUT2D eigenvalue weighted by Crippen LogP contribution is 2.34. The number of carbonyl (C=O) groups excluding carboxylic acids is 1. The predicted molar refractivity (Wildman–Crippen MR) is 105 cm³/mol. The number of fused-ring (bicyclic) bond motifs is 1. The Morgan fingerprint density at radius 3 is 2.65 bits per heavy atom. The van der Waals surface area contributed by atoms with Crippen molar-refractivity contribution in [1.29, 1.82) is 0 Å². The molecule has 0 bridgehead atoms. The molecule has 31 heavy (non-hydrogen) atoms. The molecule has 9 heteroatoms. The topological polar surface area (TPSA) is 64.6 Å². The van der Waals surface area contributed by atoms with E-state index in [-0.39, 0.29) is 12.3 Å². The van der Waals surface area contributed by atoms with E-state index in [1.165, 1.54) is 17.0 Å². The number of hydrogen-bond donors (Lipinski definition) is 0. The van der Waals surface area contributed by atoms with Gasteiger partial charge in [0.25, 0.3) is 0 Å². The molecule has 4 rings (SSSR count). The quantitative estimate of drug-likeness (QED) is 0.572. The van der Waals surface area contributed by atoms with Crippen molar-refractivity contribution in [3.05, 3.63) is 71.3 Å². The number of amides is 1. The molecule has 160 valence electrons. The van der Waals surface area contributed by atoms with E-state index in [1.807, 2.05) is 13.0 Å². The fourth-order valence-electron chi connectivity index (χ4n) is 3.42. The van der Waals surface area contributed by atoms with Crippen molar-refractivity contribution >= 4 is 6.09 Å². The number of nitrogens with zero attached hydrogens (tertiary/aromatic N) is 3. The Hall–Kier alpha value is -3.62. The third kappa shape index (κ3) is 4.76. The molecule has 0 spiro atoms. The van der Waals surface area contributed by atoms with Crippen LogP contribution in [0.3, 0.4) is 0 Å². The summed E-state index contributed by atoms with van der Waals surface area (Å²) >= 11 is 0. The lowest BCUT2D eigenvalue weighted by molar-refractivity contribution is -0.274. The van der Waals surface area contributed by atoms with Crippen molar-refractivity contribution in [1.82, 2.24) is 14.9 Å². The van der Waals surface area contributed by atoms with Crippen LogP contribution in [0, 0.1) is 13.8 Å². The SMILES string of the molecule is Cc1ccnc(CN2Cc3cc(-c4ccc(OC(F)(F)F)cc4C)ccc3OC2=O)n1. The molecule has 1 aliphatic rings. The minimum absolute atomic E-state index is 0.201. The van der Waals surface area contributed by atoms with Crippen LogP contribution in [0.25, 0.3) is 11.1 Å². The number of benzene rings is 2. The van der Waals surface area contributed by atoms with Gasteiger partial charge in [-0.1, -0.05) is 12.1 Å². The number of aromatic nitrogens is 2. The minimum Gasteiger partial charge on any atom is -0.410 e. The summed E-state index contributed by atoms with van der Waals surface area (Å²) in [4.78, 5) is 22.3. The molecule has 3 aromatic rings. The van der Waals surface area contributed by atoms with E-state index in [9.17, 15) is 18.0 Å². The van der Waals surface area contributed by atoms with Crippen LogP contribution in [0.4, 0.5) is 18.0 Å². The lowest BCUT2D eigenvalue weighted by Crippen LogP contribution is -2.37. The van der Waals surface area contributed by atoms with E-state index < -0.39 is 12.5 Å². The van der Waals surface area contributed by atoms with Crippen molar-refractivity contribution in [2.45, 2.75) is 33.3 Å². The predicted octanol–water partition coefficient (Wildman–Crippen LogP) is 5.17. The minimum atomic E-state index is -4.74. The van der Waals surface area contributed by atoms with Gasteiger partial charge in [-0.25, -0.2) is 14.8 Å². The summed E-state index contributed by atoms with van der Waals surface area (Å²) in [5, 5.41) is 0. The van der Waals surface area contributed by atoms with Crippen molar-refractivity contribution in [3.63, 3.8) is 0 Å². The first-order valence-corrected chi connectivity index (χ1v) is 9.43. The number of hydrogen-bond acceptors (Lipinski definition) is 5. The zero-order valence-corrected chi connectivity index (χ0v) is 16.7. The van der Waals surface area contributed by atoms with Gasteiger partial charge in [0.1, 0.15) is 17.3 Å². The van der Waals surface area contributed by atoms with Crippen LogP contribution < -0.4 is 9.47 Å². The zero-order valence-electron chi connectivity index (χ0n) is 16.7. The molecule has 0 radical (unpaired) electrons. The highest BCUT2D eigenvalue weighted by Gasteiger charge is 2.31. The number of ether oxygens (including phenoxy) is 2. The number of alkyl halides is 3. The van der Waals surface area contributed by atoms with Gasteiger partial charge in [0.05, 0.1) is 13.1 Å². The normalized spacial score (nSPS) is 13.6. The summed E-state index contributed by atoms with van der Waals surface area (Å²) in [7, 11) is 0. The van der Waals surface area contributed by atoms with Gasteiger partial charge in [-0.2, -0.15) is 0 Å². The first-order chi connectivity index (χ1) is 14.7. The fraction of sp³-hybridized carbons (Fsp3) is 0.227. The highest BCUT2D eigenvalue weighted by atomic mass is 19.4. The molecule has 0 saturated heterocycles. The van der Waals surface area contributed by atoms with Gasteiger partial charge in [-0.15, -0.1) is 13.2 Å². The number of halogens is 3. The van der Waals surface area contributed by atoms with Crippen LogP contribution in [0.15, 0.2) is 48.7 Å². The standard InChI is InChI=1S/C22H18F3N3O3/c1-13-9-17(31-22(23,24)25)4-5-18(13)15-3-6-19-16(10-15)11-28(21(29)30-19)12-20-26-8-7-14(2)27-20/h3-10H,11-12H2,1-2H3. The second-order valence-corrected chi connectivity index (χ2v) is 7.19. The summed E-state index contributed by atoms with van der Waals surface area (Å²) in [5.41, 5.74) is 3.74. The summed E-state index contributed by atoms with van der Waals surface area (Å²) < 4.78 is 46.8. The van der Waals surface area contributed by atoms with E-state index >= 15 is 0 Å².